The topological polar surface area (TPSA) is 0 Å². The average molecular weight is 267 g/mol. The van der Waals surface area contributed by atoms with E-state index in [2.05, 4.69) is 62.3 Å². The Balaban J connectivity index is 3.86. The van der Waals surface area contributed by atoms with Gasteiger partial charge in [0, 0.05) is 10.6 Å². The van der Waals surface area contributed by atoms with Crippen molar-refractivity contribution >= 4 is 27.7 Å². The van der Waals surface area contributed by atoms with E-state index < -0.39 is 0 Å². The Morgan fingerprint density at radius 3 is 2.15 bits per heavy atom. The molecule has 0 heterocycles. The Labute approximate surface area is 96.4 Å². The van der Waals surface area contributed by atoms with Crippen LogP contribution < -0.4 is 0 Å². The molecule has 0 amide bonds. The third kappa shape index (κ3) is 6.01. The molecule has 0 aliphatic rings. The zero-order valence-corrected chi connectivity index (χ0v) is 12.0. The first kappa shape index (κ1) is 13.8. The molecule has 0 aliphatic carbocycles. The Bertz CT molecular complexity index is 129. The molecule has 0 N–H and O–H groups in total. The second kappa shape index (κ2) is 6.34. The van der Waals surface area contributed by atoms with E-state index in [0.29, 0.717) is 5.41 Å². The number of hydrogen-bond donors (Lipinski definition) is 0. The normalized spacial score (nSPS) is 17.1. The fraction of sp³-hybridized carbons (Fsp3) is 1.00. The number of halogens is 1. The molecule has 0 aliphatic heterocycles. The van der Waals surface area contributed by atoms with Crippen LogP contribution in [0.2, 0.25) is 0 Å². The maximum Gasteiger partial charge on any atom is 0.00725 e. The van der Waals surface area contributed by atoms with Crippen molar-refractivity contribution in [1.29, 1.82) is 0 Å². The fourth-order valence-corrected chi connectivity index (χ4v) is 3.84. The summed E-state index contributed by atoms with van der Waals surface area (Å²) in [4.78, 5) is 0. The average Bonchev–Trinajstić information content (AvgIpc) is 2.02. The van der Waals surface area contributed by atoms with Crippen LogP contribution in [0, 0.1) is 11.3 Å². The number of hydrogen-bond acceptors (Lipinski definition) is 1. The van der Waals surface area contributed by atoms with Gasteiger partial charge in [0.25, 0.3) is 0 Å². The van der Waals surface area contributed by atoms with Gasteiger partial charge in [-0.3, -0.25) is 0 Å². The van der Waals surface area contributed by atoms with E-state index in [1.165, 1.54) is 12.2 Å². The molecule has 0 fully saturated rings. The van der Waals surface area contributed by atoms with E-state index in [1.54, 1.807) is 0 Å². The lowest BCUT2D eigenvalue weighted by Gasteiger charge is -2.29. The van der Waals surface area contributed by atoms with Crippen molar-refractivity contribution in [2.24, 2.45) is 11.3 Å². The molecule has 13 heavy (non-hydrogen) atoms. The highest BCUT2D eigenvalue weighted by atomic mass is 79.9. The van der Waals surface area contributed by atoms with Crippen LogP contribution in [-0.4, -0.2) is 16.3 Å². The lowest BCUT2D eigenvalue weighted by molar-refractivity contribution is 0.295. The van der Waals surface area contributed by atoms with Crippen molar-refractivity contribution in [3.8, 4) is 0 Å². The first-order chi connectivity index (χ1) is 5.91. The predicted molar refractivity (Wildman–Crippen MR) is 69.0 cm³/mol. The molecule has 0 aromatic carbocycles. The van der Waals surface area contributed by atoms with Gasteiger partial charge < -0.3 is 0 Å². The van der Waals surface area contributed by atoms with Gasteiger partial charge in [-0.2, -0.15) is 11.8 Å². The van der Waals surface area contributed by atoms with Gasteiger partial charge in [0.15, 0.2) is 0 Å². The summed E-state index contributed by atoms with van der Waals surface area (Å²) in [6.07, 6.45) is 1.28. The lowest BCUT2D eigenvalue weighted by atomic mass is 9.83. The highest BCUT2D eigenvalue weighted by molar-refractivity contribution is 9.09. The van der Waals surface area contributed by atoms with Crippen LogP contribution >= 0.6 is 27.7 Å². The van der Waals surface area contributed by atoms with Crippen molar-refractivity contribution in [2.45, 2.75) is 46.3 Å². The predicted octanol–water partition coefficient (Wildman–Crippen LogP) is 4.58. The molecule has 2 atom stereocenters. The number of rotatable bonds is 5. The highest BCUT2D eigenvalue weighted by Crippen LogP contribution is 2.31. The standard InChI is InChI=1S/C11H23BrS/c1-6-9(2)13-8-10(7-12)11(3,4)5/h9-10H,6-8H2,1-5H3. The van der Waals surface area contributed by atoms with Gasteiger partial charge in [-0.15, -0.1) is 0 Å². The summed E-state index contributed by atoms with van der Waals surface area (Å²) in [5, 5.41) is 1.93. The van der Waals surface area contributed by atoms with Crippen LogP contribution in [0.4, 0.5) is 0 Å². The first-order valence-electron chi connectivity index (χ1n) is 5.09. The fourth-order valence-electron chi connectivity index (χ4n) is 0.924. The van der Waals surface area contributed by atoms with E-state index in [0.717, 1.165) is 16.5 Å². The molecule has 80 valence electrons. The molecule has 0 nitrogen and oxygen atoms in total. The number of thioether (sulfide) groups is 1. The van der Waals surface area contributed by atoms with Crippen LogP contribution in [0.1, 0.15) is 41.0 Å². The number of alkyl halides is 1. The monoisotopic (exact) mass is 266 g/mol. The summed E-state index contributed by atoms with van der Waals surface area (Å²) in [6.45, 7) is 11.6. The molecule has 0 saturated heterocycles. The largest absolute Gasteiger partial charge is 0.159 e. The molecule has 0 spiro atoms. The molecule has 0 bridgehead atoms. The van der Waals surface area contributed by atoms with Gasteiger partial charge >= 0.3 is 0 Å². The Kier molecular flexibility index (Phi) is 6.74. The quantitative estimate of drug-likeness (QED) is 0.657. The summed E-state index contributed by atoms with van der Waals surface area (Å²) in [5.74, 6) is 2.07. The summed E-state index contributed by atoms with van der Waals surface area (Å²) in [7, 11) is 0. The maximum absolute atomic E-state index is 3.61. The summed E-state index contributed by atoms with van der Waals surface area (Å²) >= 11 is 5.72. The zero-order chi connectivity index (χ0) is 10.5. The van der Waals surface area contributed by atoms with Gasteiger partial charge in [0.1, 0.15) is 0 Å². The van der Waals surface area contributed by atoms with E-state index >= 15 is 0 Å². The van der Waals surface area contributed by atoms with Crippen LogP contribution in [0.3, 0.4) is 0 Å². The van der Waals surface area contributed by atoms with E-state index in [-0.39, 0.29) is 0 Å². The molecule has 0 aromatic rings. The summed E-state index contributed by atoms with van der Waals surface area (Å²) < 4.78 is 0. The van der Waals surface area contributed by atoms with Crippen LogP contribution in [0.15, 0.2) is 0 Å². The van der Waals surface area contributed by atoms with E-state index in [9.17, 15) is 0 Å². The van der Waals surface area contributed by atoms with E-state index in [1.807, 2.05) is 0 Å². The lowest BCUT2D eigenvalue weighted by Crippen LogP contribution is -2.24. The molecule has 0 saturated carbocycles. The maximum atomic E-state index is 3.61. The molecular weight excluding hydrogens is 244 g/mol. The SMILES string of the molecule is CCC(C)SCC(CBr)C(C)(C)C. The van der Waals surface area contributed by atoms with Crippen molar-refractivity contribution in [3.63, 3.8) is 0 Å². The first-order valence-corrected chi connectivity index (χ1v) is 7.26. The minimum absolute atomic E-state index is 0.434. The molecule has 0 radical (unpaired) electrons. The van der Waals surface area contributed by atoms with Gasteiger partial charge in [-0.1, -0.05) is 50.5 Å². The Morgan fingerprint density at radius 1 is 1.31 bits per heavy atom. The molecule has 0 rings (SSSR count). The molecule has 2 heteroatoms. The minimum atomic E-state index is 0.434. The summed E-state index contributed by atoms with van der Waals surface area (Å²) in [5.41, 5.74) is 0.434. The van der Waals surface area contributed by atoms with Gasteiger partial charge in [0.05, 0.1) is 0 Å². The molecule has 2 unspecified atom stereocenters. The minimum Gasteiger partial charge on any atom is -0.159 e. The highest BCUT2D eigenvalue weighted by Gasteiger charge is 2.23. The van der Waals surface area contributed by atoms with Crippen molar-refractivity contribution in [3.05, 3.63) is 0 Å². The van der Waals surface area contributed by atoms with Crippen molar-refractivity contribution < 1.29 is 0 Å². The van der Waals surface area contributed by atoms with E-state index in [4.69, 9.17) is 0 Å². The Morgan fingerprint density at radius 2 is 1.85 bits per heavy atom. The van der Waals surface area contributed by atoms with Crippen molar-refractivity contribution in [2.75, 3.05) is 11.1 Å². The van der Waals surface area contributed by atoms with Crippen LogP contribution in [0.25, 0.3) is 0 Å². The Hall–Kier alpha value is 0.830. The van der Waals surface area contributed by atoms with Crippen LogP contribution in [-0.2, 0) is 0 Å². The van der Waals surface area contributed by atoms with Crippen LogP contribution in [0.5, 0.6) is 0 Å². The van der Waals surface area contributed by atoms with Crippen molar-refractivity contribution in [1.82, 2.24) is 0 Å². The molecule has 0 aromatic heterocycles. The van der Waals surface area contributed by atoms with Gasteiger partial charge in [-0.05, 0) is 23.5 Å². The third-order valence-electron chi connectivity index (χ3n) is 2.57. The second-order valence-electron chi connectivity index (χ2n) is 4.77. The second-order valence-corrected chi connectivity index (χ2v) is 6.89. The molecular formula is C11H23BrS. The smallest absolute Gasteiger partial charge is 0.00725 e. The third-order valence-corrected chi connectivity index (χ3v) is 4.85. The van der Waals surface area contributed by atoms with Gasteiger partial charge in [-0.25, -0.2) is 0 Å². The summed E-state index contributed by atoms with van der Waals surface area (Å²) in [6, 6.07) is 0. The van der Waals surface area contributed by atoms with Gasteiger partial charge in [0.2, 0.25) is 0 Å². The zero-order valence-electron chi connectivity index (χ0n) is 9.56.